The minimum absolute atomic E-state index is 0.162. The molecule has 1 aromatic heterocycles. The molecule has 0 aliphatic rings. The van der Waals surface area contributed by atoms with Crippen molar-refractivity contribution in [3.05, 3.63) is 51.8 Å². The van der Waals surface area contributed by atoms with Crippen LogP contribution in [0, 0.1) is 13.8 Å². The van der Waals surface area contributed by atoms with Crippen LogP contribution in [0.25, 0.3) is 0 Å². The predicted octanol–water partition coefficient (Wildman–Crippen LogP) is 2.24. The van der Waals surface area contributed by atoms with Gasteiger partial charge in [-0.1, -0.05) is 29.8 Å². The summed E-state index contributed by atoms with van der Waals surface area (Å²) >= 11 is 6.18. The number of benzene rings is 1. The molecule has 0 radical (unpaired) electrons. The lowest BCUT2D eigenvalue weighted by molar-refractivity contribution is 0.573. The summed E-state index contributed by atoms with van der Waals surface area (Å²) in [5, 5.41) is 4.76. The second-order valence-corrected chi connectivity index (χ2v) is 4.80. The zero-order valence-electron chi connectivity index (χ0n) is 10.7. The summed E-state index contributed by atoms with van der Waals surface area (Å²) in [6.07, 6.45) is 1.63. The summed E-state index contributed by atoms with van der Waals surface area (Å²) in [5.74, 6) is 5.70. The van der Waals surface area contributed by atoms with Crippen molar-refractivity contribution in [2.24, 2.45) is 12.9 Å². The molecule has 1 heterocycles. The van der Waals surface area contributed by atoms with Crippen LogP contribution in [0.5, 0.6) is 0 Å². The molecule has 96 valence electrons. The third-order valence-corrected chi connectivity index (χ3v) is 3.63. The van der Waals surface area contributed by atoms with E-state index in [-0.39, 0.29) is 6.04 Å². The molecule has 4 nitrogen and oxygen atoms in total. The van der Waals surface area contributed by atoms with E-state index in [1.54, 1.807) is 10.9 Å². The average molecular weight is 265 g/mol. The van der Waals surface area contributed by atoms with Gasteiger partial charge in [-0.05, 0) is 30.5 Å². The van der Waals surface area contributed by atoms with Crippen LogP contribution in [-0.2, 0) is 7.05 Å². The lowest BCUT2D eigenvalue weighted by atomic mass is 9.96. The zero-order chi connectivity index (χ0) is 13.3. The normalized spacial score (nSPS) is 12.7. The van der Waals surface area contributed by atoms with Crippen LogP contribution in [0.4, 0.5) is 0 Å². The van der Waals surface area contributed by atoms with E-state index >= 15 is 0 Å². The van der Waals surface area contributed by atoms with E-state index in [4.69, 9.17) is 17.4 Å². The van der Waals surface area contributed by atoms with E-state index in [0.717, 1.165) is 11.3 Å². The Bertz CT molecular complexity index is 543. The highest BCUT2D eigenvalue weighted by Gasteiger charge is 2.21. The van der Waals surface area contributed by atoms with Crippen LogP contribution < -0.4 is 11.3 Å². The van der Waals surface area contributed by atoms with Gasteiger partial charge in [0, 0.05) is 7.05 Å². The Morgan fingerprint density at radius 2 is 2.11 bits per heavy atom. The van der Waals surface area contributed by atoms with E-state index < -0.39 is 0 Å². The maximum absolute atomic E-state index is 6.18. The summed E-state index contributed by atoms with van der Waals surface area (Å²) in [5.41, 5.74) is 7.24. The van der Waals surface area contributed by atoms with Gasteiger partial charge in [0.25, 0.3) is 0 Å². The quantitative estimate of drug-likeness (QED) is 0.660. The minimum Gasteiger partial charge on any atom is -0.271 e. The Balaban J connectivity index is 2.56. The van der Waals surface area contributed by atoms with E-state index in [2.05, 4.69) is 36.5 Å². The van der Waals surface area contributed by atoms with Crippen molar-refractivity contribution in [1.82, 2.24) is 15.2 Å². The first-order chi connectivity index (χ1) is 8.56. The molecule has 18 heavy (non-hydrogen) atoms. The number of aromatic nitrogens is 2. The van der Waals surface area contributed by atoms with Crippen LogP contribution in [0.1, 0.15) is 28.4 Å². The number of rotatable bonds is 3. The van der Waals surface area contributed by atoms with Gasteiger partial charge < -0.3 is 0 Å². The standard InChI is InChI=1S/C13H17ClN4/c1-8-5-4-6-10(9(8)2)12(17-15)13-11(14)7-16-18(13)3/h4-7,12,17H,15H2,1-3H3. The molecule has 0 aliphatic carbocycles. The summed E-state index contributed by atoms with van der Waals surface area (Å²) in [6.45, 7) is 4.16. The van der Waals surface area contributed by atoms with Gasteiger partial charge in [-0.25, -0.2) is 5.43 Å². The van der Waals surface area contributed by atoms with Crippen molar-refractivity contribution in [2.45, 2.75) is 19.9 Å². The lowest BCUT2D eigenvalue weighted by Gasteiger charge is -2.20. The summed E-state index contributed by atoms with van der Waals surface area (Å²) in [6, 6.07) is 5.99. The first-order valence-corrected chi connectivity index (χ1v) is 6.13. The molecule has 1 unspecified atom stereocenters. The van der Waals surface area contributed by atoms with E-state index in [0.29, 0.717) is 5.02 Å². The highest BCUT2D eigenvalue weighted by molar-refractivity contribution is 6.31. The fourth-order valence-corrected chi connectivity index (χ4v) is 2.42. The number of hydrogen-bond donors (Lipinski definition) is 2. The molecule has 2 rings (SSSR count). The Kier molecular flexibility index (Phi) is 3.71. The van der Waals surface area contributed by atoms with Crippen molar-refractivity contribution in [2.75, 3.05) is 0 Å². The first kappa shape index (κ1) is 13.1. The topological polar surface area (TPSA) is 55.9 Å². The zero-order valence-corrected chi connectivity index (χ0v) is 11.5. The van der Waals surface area contributed by atoms with Gasteiger partial charge in [0.15, 0.2) is 0 Å². The van der Waals surface area contributed by atoms with Gasteiger partial charge in [-0.15, -0.1) is 0 Å². The Morgan fingerprint density at radius 3 is 2.67 bits per heavy atom. The van der Waals surface area contributed by atoms with E-state index in [1.807, 2.05) is 13.1 Å². The molecule has 5 heteroatoms. The maximum atomic E-state index is 6.18. The fourth-order valence-electron chi connectivity index (χ4n) is 2.15. The molecule has 0 bridgehead atoms. The van der Waals surface area contributed by atoms with E-state index in [9.17, 15) is 0 Å². The summed E-state index contributed by atoms with van der Waals surface area (Å²) in [4.78, 5) is 0. The Hall–Kier alpha value is -1.36. The second-order valence-electron chi connectivity index (χ2n) is 4.39. The Morgan fingerprint density at radius 1 is 1.39 bits per heavy atom. The highest BCUT2D eigenvalue weighted by Crippen LogP contribution is 2.29. The largest absolute Gasteiger partial charge is 0.271 e. The fraction of sp³-hybridized carbons (Fsp3) is 0.308. The molecule has 0 saturated heterocycles. The molecule has 1 atom stereocenters. The van der Waals surface area contributed by atoms with Crippen molar-refractivity contribution >= 4 is 11.6 Å². The molecule has 3 N–H and O–H groups in total. The van der Waals surface area contributed by atoms with Gasteiger partial charge in [-0.2, -0.15) is 5.10 Å². The van der Waals surface area contributed by atoms with Gasteiger partial charge in [0.2, 0.25) is 0 Å². The molecule has 2 aromatic rings. The number of nitrogens with zero attached hydrogens (tertiary/aromatic N) is 2. The number of nitrogens with one attached hydrogen (secondary N) is 1. The van der Waals surface area contributed by atoms with Crippen molar-refractivity contribution in [3.63, 3.8) is 0 Å². The number of hydrazine groups is 1. The predicted molar refractivity (Wildman–Crippen MR) is 73.3 cm³/mol. The van der Waals surface area contributed by atoms with Crippen LogP contribution in [0.2, 0.25) is 5.02 Å². The molecule has 0 fully saturated rings. The molecule has 0 saturated carbocycles. The number of aryl methyl sites for hydroxylation is 2. The second kappa shape index (κ2) is 5.10. The summed E-state index contributed by atoms with van der Waals surface area (Å²) < 4.78 is 1.74. The lowest BCUT2D eigenvalue weighted by Crippen LogP contribution is -2.31. The average Bonchev–Trinajstić information content (AvgIpc) is 2.67. The third-order valence-electron chi connectivity index (χ3n) is 3.34. The van der Waals surface area contributed by atoms with Crippen molar-refractivity contribution < 1.29 is 0 Å². The van der Waals surface area contributed by atoms with Crippen LogP contribution in [0.3, 0.4) is 0 Å². The smallest absolute Gasteiger partial charge is 0.0896 e. The molecule has 0 aliphatic heterocycles. The van der Waals surface area contributed by atoms with Gasteiger partial charge in [-0.3, -0.25) is 10.5 Å². The van der Waals surface area contributed by atoms with Crippen LogP contribution in [0.15, 0.2) is 24.4 Å². The monoisotopic (exact) mass is 264 g/mol. The molecular formula is C13H17ClN4. The molecular weight excluding hydrogens is 248 g/mol. The first-order valence-electron chi connectivity index (χ1n) is 5.76. The van der Waals surface area contributed by atoms with Gasteiger partial charge in [0.05, 0.1) is 23.0 Å². The molecule has 1 aromatic carbocycles. The minimum atomic E-state index is -0.162. The SMILES string of the molecule is Cc1cccc(C(NN)c2c(Cl)cnn2C)c1C. The number of halogens is 1. The van der Waals surface area contributed by atoms with E-state index in [1.165, 1.54) is 11.1 Å². The van der Waals surface area contributed by atoms with Gasteiger partial charge in [0.1, 0.15) is 0 Å². The number of nitrogens with two attached hydrogens (primary N) is 1. The van der Waals surface area contributed by atoms with Crippen molar-refractivity contribution in [1.29, 1.82) is 0 Å². The molecule has 0 spiro atoms. The van der Waals surface area contributed by atoms with Crippen LogP contribution >= 0.6 is 11.6 Å². The third kappa shape index (κ3) is 2.14. The molecule has 0 amide bonds. The van der Waals surface area contributed by atoms with Crippen LogP contribution in [-0.4, -0.2) is 9.78 Å². The Labute approximate surface area is 112 Å². The maximum Gasteiger partial charge on any atom is 0.0896 e. The number of hydrogen-bond acceptors (Lipinski definition) is 3. The van der Waals surface area contributed by atoms with Gasteiger partial charge >= 0.3 is 0 Å². The highest BCUT2D eigenvalue weighted by atomic mass is 35.5. The van der Waals surface area contributed by atoms with Crippen molar-refractivity contribution in [3.8, 4) is 0 Å². The summed E-state index contributed by atoms with van der Waals surface area (Å²) in [7, 11) is 1.86.